The third-order valence-corrected chi connectivity index (χ3v) is 4.74. The number of benzene rings is 1. The van der Waals surface area contributed by atoms with E-state index in [9.17, 15) is 0 Å². The number of nitrogens with zero attached hydrogens (tertiary/aromatic N) is 1. The van der Waals surface area contributed by atoms with Crippen molar-refractivity contribution in [3.63, 3.8) is 0 Å². The van der Waals surface area contributed by atoms with Gasteiger partial charge in [0, 0.05) is 11.3 Å². The Kier molecular flexibility index (Phi) is 3.84. The molecule has 1 heteroatoms. The summed E-state index contributed by atoms with van der Waals surface area (Å²) in [6, 6.07) is 6.98. The fourth-order valence-corrected chi connectivity index (χ4v) is 3.70. The lowest BCUT2D eigenvalue weighted by atomic mass is 9.91. The molecule has 1 heterocycles. The predicted octanol–water partition coefficient (Wildman–Crippen LogP) is 4.98. The summed E-state index contributed by atoms with van der Waals surface area (Å²) in [5.74, 6) is 0. The molecule has 1 aromatic heterocycles. The van der Waals surface area contributed by atoms with Crippen LogP contribution in [-0.2, 0) is 25.7 Å². The summed E-state index contributed by atoms with van der Waals surface area (Å²) >= 11 is 0. The number of aryl methyl sites for hydroxylation is 5. The van der Waals surface area contributed by atoms with E-state index in [1.165, 1.54) is 57.6 Å². The molecule has 110 valence electrons. The Balaban J connectivity index is 2.23. The number of aromatic nitrogens is 1. The van der Waals surface area contributed by atoms with Crippen molar-refractivity contribution in [3.05, 3.63) is 51.7 Å². The molecule has 3 rings (SSSR count). The minimum Gasteiger partial charge on any atom is -0.253 e. The first kappa shape index (κ1) is 14.3. The van der Waals surface area contributed by atoms with Gasteiger partial charge in [0.2, 0.25) is 0 Å². The largest absolute Gasteiger partial charge is 0.253 e. The van der Waals surface area contributed by atoms with E-state index in [-0.39, 0.29) is 0 Å². The van der Waals surface area contributed by atoms with E-state index in [1.54, 1.807) is 0 Å². The summed E-state index contributed by atoms with van der Waals surface area (Å²) in [5.41, 5.74) is 11.1. The second-order valence-corrected chi connectivity index (χ2v) is 6.27. The van der Waals surface area contributed by atoms with Crippen molar-refractivity contribution in [2.45, 2.75) is 59.8 Å². The minimum absolute atomic E-state index is 1.07. The number of fused-ring (bicyclic) bond motifs is 1. The molecule has 1 aliphatic carbocycles. The molecule has 2 aromatic rings. The van der Waals surface area contributed by atoms with E-state index in [1.807, 2.05) is 0 Å². The average Bonchev–Trinajstić information content (AvgIpc) is 2.95. The lowest BCUT2D eigenvalue weighted by Crippen LogP contribution is -2.01. The maximum absolute atomic E-state index is 5.03. The Morgan fingerprint density at radius 2 is 1.62 bits per heavy atom. The molecule has 1 nitrogen and oxygen atoms in total. The highest BCUT2D eigenvalue weighted by atomic mass is 14.7. The summed E-state index contributed by atoms with van der Waals surface area (Å²) in [5, 5.41) is 0. The monoisotopic (exact) mass is 279 g/mol. The molecule has 0 atom stereocenters. The molecule has 0 bridgehead atoms. The second-order valence-electron chi connectivity index (χ2n) is 6.27. The van der Waals surface area contributed by atoms with Crippen LogP contribution in [0.2, 0.25) is 0 Å². The van der Waals surface area contributed by atoms with Crippen LogP contribution in [0.1, 0.15) is 53.8 Å². The van der Waals surface area contributed by atoms with Crippen LogP contribution in [-0.4, -0.2) is 4.98 Å². The Morgan fingerprint density at radius 3 is 2.24 bits per heavy atom. The molecule has 0 aliphatic heterocycles. The first-order valence-corrected chi connectivity index (χ1v) is 8.26. The van der Waals surface area contributed by atoms with E-state index in [4.69, 9.17) is 4.98 Å². The summed E-state index contributed by atoms with van der Waals surface area (Å²) in [6.07, 6.45) is 5.77. The Hall–Kier alpha value is -1.63. The first-order valence-electron chi connectivity index (χ1n) is 8.26. The van der Waals surface area contributed by atoms with Crippen LogP contribution in [0.5, 0.6) is 0 Å². The van der Waals surface area contributed by atoms with Gasteiger partial charge in [0.05, 0.1) is 5.69 Å². The van der Waals surface area contributed by atoms with Gasteiger partial charge in [0.15, 0.2) is 0 Å². The van der Waals surface area contributed by atoms with E-state index in [0.29, 0.717) is 0 Å². The molecule has 0 fully saturated rings. The van der Waals surface area contributed by atoms with Crippen LogP contribution in [0.15, 0.2) is 18.2 Å². The molecule has 0 amide bonds. The predicted molar refractivity (Wildman–Crippen MR) is 89.9 cm³/mol. The molecule has 21 heavy (non-hydrogen) atoms. The highest BCUT2D eigenvalue weighted by Gasteiger charge is 2.18. The molecular formula is C20H25N. The van der Waals surface area contributed by atoms with Crippen molar-refractivity contribution in [2.24, 2.45) is 0 Å². The number of rotatable bonds is 3. The van der Waals surface area contributed by atoms with Crippen LogP contribution < -0.4 is 0 Å². The van der Waals surface area contributed by atoms with E-state index >= 15 is 0 Å². The number of hydrogen-bond donors (Lipinski definition) is 0. The zero-order valence-electron chi connectivity index (χ0n) is 13.7. The highest BCUT2D eigenvalue weighted by molar-refractivity contribution is 5.70. The van der Waals surface area contributed by atoms with E-state index < -0.39 is 0 Å². The van der Waals surface area contributed by atoms with E-state index in [2.05, 4.69) is 45.9 Å². The normalized spacial score (nSPS) is 13.5. The number of pyridine rings is 1. The maximum atomic E-state index is 5.03. The van der Waals surface area contributed by atoms with Crippen molar-refractivity contribution < 1.29 is 0 Å². The Morgan fingerprint density at radius 1 is 0.952 bits per heavy atom. The van der Waals surface area contributed by atoms with Crippen LogP contribution >= 0.6 is 0 Å². The molecule has 0 radical (unpaired) electrons. The summed E-state index contributed by atoms with van der Waals surface area (Å²) < 4.78 is 0. The van der Waals surface area contributed by atoms with Gasteiger partial charge in [-0.1, -0.05) is 31.5 Å². The van der Waals surface area contributed by atoms with Crippen molar-refractivity contribution in [3.8, 4) is 11.3 Å². The zero-order chi connectivity index (χ0) is 15.0. The van der Waals surface area contributed by atoms with Gasteiger partial charge in [-0.2, -0.15) is 0 Å². The van der Waals surface area contributed by atoms with Crippen LogP contribution in [0, 0.1) is 13.8 Å². The van der Waals surface area contributed by atoms with Gasteiger partial charge in [-0.05, 0) is 74.3 Å². The average molecular weight is 279 g/mol. The van der Waals surface area contributed by atoms with Gasteiger partial charge < -0.3 is 0 Å². The molecular weight excluding hydrogens is 254 g/mol. The summed E-state index contributed by atoms with van der Waals surface area (Å²) in [7, 11) is 0. The molecule has 1 aromatic carbocycles. The van der Waals surface area contributed by atoms with E-state index in [0.717, 1.165) is 19.3 Å². The number of hydrogen-bond acceptors (Lipinski definition) is 1. The first-order chi connectivity index (χ1) is 10.1. The van der Waals surface area contributed by atoms with Crippen molar-refractivity contribution in [1.82, 2.24) is 4.98 Å². The summed E-state index contributed by atoms with van der Waals surface area (Å²) in [4.78, 5) is 5.03. The Bertz CT molecular complexity index is 657. The topological polar surface area (TPSA) is 12.9 Å². The van der Waals surface area contributed by atoms with Gasteiger partial charge in [0.1, 0.15) is 0 Å². The third kappa shape index (κ3) is 2.50. The Labute approximate surface area is 128 Å². The zero-order valence-corrected chi connectivity index (χ0v) is 13.7. The second kappa shape index (κ2) is 5.63. The minimum atomic E-state index is 1.07. The van der Waals surface area contributed by atoms with Crippen molar-refractivity contribution >= 4 is 0 Å². The SMILES string of the molecule is CCc1cc(C)cc(CC)c1-c1cc(C)c2c(n1)CCC2. The highest BCUT2D eigenvalue weighted by Crippen LogP contribution is 2.33. The van der Waals surface area contributed by atoms with Gasteiger partial charge in [-0.3, -0.25) is 4.98 Å². The van der Waals surface area contributed by atoms with Gasteiger partial charge in [-0.25, -0.2) is 0 Å². The lowest BCUT2D eigenvalue weighted by Gasteiger charge is -2.16. The molecule has 0 spiro atoms. The van der Waals surface area contributed by atoms with Crippen LogP contribution in [0.25, 0.3) is 11.3 Å². The van der Waals surface area contributed by atoms with Crippen molar-refractivity contribution in [2.75, 3.05) is 0 Å². The van der Waals surface area contributed by atoms with Crippen LogP contribution in [0.4, 0.5) is 0 Å². The molecule has 0 N–H and O–H groups in total. The fourth-order valence-electron chi connectivity index (χ4n) is 3.70. The molecule has 0 saturated carbocycles. The molecule has 1 aliphatic rings. The standard InChI is InChI=1S/C20H25N/c1-5-15-10-13(3)11-16(6-2)20(15)19-12-14(4)17-8-7-9-18(17)21-19/h10-12H,5-9H2,1-4H3. The van der Waals surface area contributed by atoms with Crippen molar-refractivity contribution in [1.29, 1.82) is 0 Å². The molecule has 0 unspecified atom stereocenters. The maximum Gasteiger partial charge on any atom is 0.0713 e. The third-order valence-electron chi connectivity index (χ3n) is 4.74. The summed E-state index contributed by atoms with van der Waals surface area (Å²) in [6.45, 7) is 8.94. The van der Waals surface area contributed by atoms with Crippen LogP contribution in [0.3, 0.4) is 0 Å². The van der Waals surface area contributed by atoms with Gasteiger partial charge in [0.25, 0.3) is 0 Å². The fraction of sp³-hybridized carbons (Fsp3) is 0.450. The van der Waals surface area contributed by atoms with Gasteiger partial charge >= 0.3 is 0 Å². The molecule has 0 saturated heterocycles. The quantitative estimate of drug-likeness (QED) is 0.772. The lowest BCUT2D eigenvalue weighted by molar-refractivity contribution is 0.898. The van der Waals surface area contributed by atoms with Gasteiger partial charge in [-0.15, -0.1) is 0 Å². The smallest absolute Gasteiger partial charge is 0.0713 e.